The van der Waals surface area contributed by atoms with Crippen LogP contribution in [0.3, 0.4) is 0 Å². The number of furan rings is 1. The van der Waals surface area contributed by atoms with Crippen LogP contribution in [-0.4, -0.2) is 28.9 Å². The van der Waals surface area contributed by atoms with Gasteiger partial charge in [-0.05, 0) is 43.9 Å². The molecule has 1 amide bonds. The van der Waals surface area contributed by atoms with Gasteiger partial charge in [0.2, 0.25) is 5.91 Å². The average molecular weight is 246 g/mol. The molecule has 1 aromatic heterocycles. The minimum atomic E-state index is 0.0887. The first-order valence-electron chi connectivity index (χ1n) is 6.53. The monoisotopic (exact) mass is 246 g/mol. The van der Waals surface area contributed by atoms with E-state index < -0.39 is 0 Å². The topological polar surface area (TPSA) is 59.5 Å². The normalized spacial score (nSPS) is 31.2. The van der Waals surface area contributed by atoms with Gasteiger partial charge >= 0.3 is 0 Å². The lowest BCUT2D eigenvalue weighted by Gasteiger charge is -2.37. The SMILES string of the molecule is NC1CC2CCC(C1)N2C(=O)/C=C/c1ccco1. The van der Waals surface area contributed by atoms with Crippen molar-refractivity contribution in [3.8, 4) is 0 Å². The first-order valence-corrected chi connectivity index (χ1v) is 6.53. The van der Waals surface area contributed by atoms with Gasteiger partial charge in [0, 0.05) is 24.2 Å². The summed E-state index contributed by atoms with van der Waals surface area (Å²) in [5, 5.41) is 0. The molecule has 2 aliphatic heterocycles. The highest BCUT2D eigenvalue weighted by atomic mass is 16.3. The van der Waals surface area contributed by atoms with E-state index in [4.69, 9.17) is 10.2 Å². The summed E-state index contributed by atoms with van der Waals surface area (Å²) in [6.07, 6.45) is 9.02. The Hall–Kier alpha value is -1.55. The van der Waals surface area contributed by atoms with Gasteiger partial charge in [-0.1, -0.05) is 0 Å². The highest BCUT2D eigenvalue weighted by molar-refractivity contribution is 5.92. The molecule has 2 saturated heterocycles. The maximum Gasteiger partial charge on any atom is 0.247 e. The van der Waals surface area contributed by atoms with Crippen molar-refractivity contribution in [2.45, 2.75) is 43.8 Å². The lowest BCUT2D eigenvalue weighted by atomic mass is 9.98. The van der Waals surface area contributed by atoms with E-state index in [1.54, 1.807) is 18.4 Å². The molecule has 4 nitrogen and oxygen atoms in total. The first kappa shape index (κ1) is 11.5. The first-order chi connectivity index (χ1) is 8.74. The molecular weight excluding hydrogens is 228 g/mol. The molecule has 0 saturated carbocycles. The van der Waals surface area contributed by atoms with Gasteiger partial charge in [-0.25, -0.2) is 0 Å². The molecule has 0 spiro atoms. The standard InChI is InChI=1S/C14H18N2O2/c15-10-8-11-3-4-12(9-10)16(11)14(17)6-5-13-2-1-7-18-13/h1-2,5-7,10-12H,3-4,8-9,15H2/b6-5+. The number of nitrogens with two attached hydrogens (primary N) is 1. The number of nitrogens with zero attached hydrogens (tertiary/aromatic N) is 1. The van der Waals surface area contributed by atoms with Gasteiger partial charge in [-0.2, -0.15) is 0 Å². The molecule has 2 fully saturated rings. The summed E-state index contributed by atoms with van der Waals surface area (Å²) >= 11 is 0. The van der Waals surface area contributed by atoms with Crippen molar-refractivity contribution in [2.75, 3.05) is 0 Å². The molecule has 2 aliphatic rings. The van der Waals surface area contributed by atoms with Gasteiger partial charge in [-0.15, -0.1) is 0 Å². The van der Waals surface area contributed by atoms with Crippen LogP contribution in [0.25, 0.3) is 6.08 Å². The van der Waals surface area contributed by atoms with Gasteiger partial charge < -0.3 is 15.1 Å². The van der Waals surface area contributed by atoms with Crippen LogP contribution in [0.2, 0.25) is 0 Å². The summed E-state index contributed by atoms with van der Waals surface area (Å²) in [5.41, 5.74) is 6.00. The molecule has 2 N–H and O–H groups in total. The van der Waals surface area contributed by atoms with Gasteiger partial charge in [0.25, 0.3) is 0 Å². The Kier molecular flexibility index (Phi) is 2.96. The highest BCUT2D eigenvalue weighted by Gasteiger charge is 2.41. The van der Waals surface area contributed by atoms with Crippen LogP contribution in [0.15, 0.2) is 28.9 Å². The molecule has 3 heterocycles. The quantitative estimate of drug-likeness (QED) is 0.809. The molecule has 0 aliphatic carbocycles. The number of piperidine rings is 1. The zero-order chi connectivity index (χ0) is 12.5. The second-order valence-electron chi connectivity index (χ2n) is 5.21. The predicted octanol–water partition coefficient (Wildman–Crippen LogP) is 1.77. The van der Waals surface area contributed by atoms with Crippen LogP contribution in [0.5, 0.6) is 0 Å². The zero-order valence-electron chi connectivity index (χ0n) is 10.3. The van der Waals surface area contributed by atoms with E-state index in [9.17, 15) is 4.79 Å². The third-order valence-corrected chi connectivity index (χ3v) is 3.96. The van der Waals surface area contributed by atoms with Crippen molar-refractivity contribution in [1.82, 2.24) is 4.90 Å². The summed E-state index contributed by atoms with van der Waals surface area (Å²) in [7, 11) is 0. The minimum absolute atomic E-state index is 0.0887. The van der Waals surface area contributed by atoms with Crippen LogP contribution in [0.1, 0.15) is 31.4 Å². The van der Waals surface area contributed by atoms with Crippen LogP contribution < -0.4 is 5.73 Å². The van der Waals surface area contributed by atoms with Crippen molar-refractivity contribution in [3.05, 3.63) is 30.2 Å². The zero-order valence-corrected chi connectivity index (χ0v) is 10.3. The average Bonchev–Trinajstić information content (AvgIpc) is 2.94. The van der Waals surface area contributed by atoms with Crippen LogP contribution >= 0.6 is 0 Å². The number of fused-ring (bicyclic) bond motifs is 2. The second kappa shape index (κ2) is 4.61. The fourth-order valence-corrected chi connectivity index (χ4v) is 3.20. The molecule has 0 aromatic carbocycles. The summed E-state index contributed by atoms with van der Waals surface area (Å²) < 4.78 is 5.18. The van der Waals surface area contributed by atoms with E-state index in [0.717, 1.165) is 25.7 Å². The Morgan fingerprint density at radius 3 is 2.72 bits per heavy atom. The van der Waals surface area contributed by atoms with Crippen LogP contribution in [-0.2, 0) is 4.79 Å². The Morgan fingerprint density at radius 2 is 2.11 bits per heavy atom. The molecule has 2 unspecified atom stereocenters. The minimum Gasteiger partial charge on any atom is -0.465 e. The van der Waals surface area contributed by atoms with Crippen LogP contribution in [0, 0.1) is 0 Å². The molecule has 18 heavy (non-hydrogen) atoms. The van der Waals surface area contributed by atoms with E-state index in [-0.39, 0.29) is 11.9 Å². The lowest BCUT2D eigenvalue weighted by Crippen LogP contribution is -2.49. The second-order valence-corrected chi connectivity index (χ2v) is 5.21. The fourth-order valence-electron chi connectivity index (χ4n) is 3.20. The molecule has 96 valence electrons. The number of rotatable bonds is 2. The van der Waals surface area contributed by atoms with E-state index in [1.165, 1.54) is 0 Å². The van der Waals surface area contributed by atoms with E-state index in [2.05, 4.69) is 0 Å². The molecule has 1 aromatic rings. The largest absolute Gasteiger partial charge is 0.465 e. The maximum atomic E-state index is 12.2. The number of carbonyl (C=O) groups excluding carboxylic acids is 1. The van der Waals surface area contributed by atoms with Crippen LogP contribution in [0.4, 0.5) is 0 Å². The Morgan fingerprint density at radius 1 is 1.39 bits per heavy atom. The third-order valence-electron chi connectivity index (χ3n) is 3.96. The van der Waals surface area contributed by atoms with Crippen molar-refractivity contribution >= 4 is 12.0 Å². The van der Waals surface area contributed by atoms with Gasteiger partial charge in [0.15, 0.2) is 0 Å². The smallest absolute Gasteiger partial charge is 0.247 e. The Labute approximate surface area is 106 Å². The van der Waals surface area contributed by atoms with E-state index in [1.807, 2.05) is 17.0 Å². The van der Waals surface area contributed by atoms with E-state index >= 15 is 0 Å². The van der Waals surface area contributed by atoms with Gasteiger partial charge in [0.05, 0.1) is 6.26 Å². The summed E-state index contributed by atoms with van der Waals surface area (Å²) in [4.78, 5) is 14.2. The van der Waals surface area contributed by atoms with Gasteiger partial charge in [-0.3, -0.25) is 4.79 Å². The molecule has 4 heteroatoms. The number of carbonyl (C=O) groups is 1. The molecule has 2 bridgehead atoms. The molecular formula is C14H18N2O2. The van der Waals surface area contributed by atoms with Crippen molar-refractivity contribution in [2.24, 2.45) is 5.73 Å². The molecule has 0 radical (unpaired) electrons. The van der Waals surface area contributed by atoms with Crippen molar-refractivity contribution < 1.29 is 9.21 Å². The maximum absolute atomic E-state index is 12.2. The van der Waals surface area contributed by atoms with Crippen molar-refractivity contribution in [3.63, 3.8) is 0 Å². The third kappa shape index (κ3) is 2.08. The fraction of sp³-hybridized carbons (Fsp3) is 0.500. The Bertz CT molecular complexity index is 438. The highest BCUT2D eigenvalue weighted by Crippen LogP contribution is 2.35. The number of amides is 1. The number of hydrogen-bond acceptors (Lipinski definition) is 3. The molecule has 3 rings (SSSR count). The van der Waals surface area contributed by atoms with Gasteiger partial charge in [0.1, 0.15) is 5.76 Å². The predicted molar refractivity (Wildman–Crippen MR) is 68.6 cm³/mol. The summed E-state index contributed by atoms with van der Waals surface area (Å²) in [6.45, 7) is 0. The number of hydrogen-bond donors (Lipinski definition) is 1. The Balaban J connectivity index is 1.70. The van der Waals surface area contributed by atoms with E-state index in [0.29, 0.717) is 17.8 Å². The van der Waals surface area contributed by atoms with Crippen molar-refractivity contribution in [1.29, 1.82) is 0 Å². The summed E-state index contributed by atoms with van der Waals surface area (Å²) in [6, 6.07) is 4.60. The molecule has 2 atom stereocenters. The summed E-state index contributed by atoms with van der Waals surface area (Å²) in [5.74, 6) is 0.801. The lowest BCUT2D eigenvalue weighted by molar-refractivity contribution is -0.130.